The van der Waals surface area contributed by atoms with Crippen LogP contribution in [0.3, 0.4) is 0 Å². The summed E-state index contributed by atoms with van der Waals surface area (Å²) >= 11 is 0. The molecular formula is C12H14Cl2F6N2. The number of hydrogen-bond acceptors (Lipinski definition) is 2. The summed E-state index contributed by atoms with van der Waals surface area (Å²) in [6, 6.07) is -1.85. The van der Waals surface area contributed by atoms with Gasteiger partial charge in [-0.1, -0.05) is 0 Å². The van der Waals surface area contributed by atoms with E-state index in [4.69, 9.17) is 0 Å². The lowest BCUT2D eigenvalue weighted by molar-refractivity contribution is -0.188. The Kier molecular flexibility index (Phi) is 7.97. The quantitative estimate of drug-likeness (QED) is 0.633. The van der Waals surface area contributed by atoms with E-state index in [1.165, 1.54) is 0 Å². The van der Waals surface area contributed by atoms with E-state index in [1.54, 1.807) is 0 Å². The molecule has 0 unspecified atom stereocenters. The Bertz CT molecular complexity index is 491. The van der Waals surface area contributed by atoms with E-state index in [2.05, 4.69) is 5.32 Å². The lowest BCUT2D eigenvalue weighted by Gasteiger charge is -2.36. The van der Waals surface area contributed by atoms with E-state index in [0.717, 1.165) is 4.90 Å². The maximum atomic E-state index is 13.6. The molecule has 1 aromatic rings. The number of nitrogens with one attached hydrogen (secondary N) is 1. The summed E-state index contributed by atoms with van der Waals surface area (Å²) in [5, 5.41) is 2.87. The first kappa shape index (κ1) is 21.3. The van der Waals surface area contributed by atoms with Crippen LogP contribution in [-0.4, -0.2) is 37.3 Å². The predicted molar refractivity (Wildman–Crippen MR) is 74.1 cm³/mol. The van der Waals surface area contributed by atoms with E-state index in [1.807, 2.05) is 0 Å². The van der Waals surface area contributed by atoms with Gasteiger partial charge >= 0.3 is 6.18 Å². The summed E-state index contributed by atoms with van der Waals surface area (Å²) in [5.41, 5.74) is -0.890. The monoisotopic (exact) mass is 370 g/mol. The number of alkyl halides is 3. The molecular weight excluding hydrogens is 357 g/mol. The van der Waals surface area contributed by atoms with Crippen LogP contribution >= 0.6 is 24.8 Å². The van der Waals surface area contributed by atoms with Crippen LogP contribution in [0.5, 0.6) is 0 Å². The predicted octanol–water partition coefficient (Wildman–Crippen LogP) is 3.46. The lowest BCUT2D eigenvalue weighted by atomic mass is 10.0. The van der Waals surface area contributed by atoms with Crippen LogP contribution in [0, 0.1) is 17.5 Å². The average molecular weight is 371 g/mol. The second-order valence-electron chi connectivity index (χ2n) is 4.52. The molecule has 0 saturated carbocycles. The van der Waals surface area contributed by atoms with Gasteiger partial charge in [0.15, 0.2) is 11.6 Å². The molecule has 1 heterocycles. The maximum Gasteiger partial charge on any atom is 0.408 e. The van der Waals surface area contributed by atoms with E-state index in [0.29, 0.717) is 13.1 Å². The molecule has 0 bridgehead atoms. The van der Waals surface area contributed by atoms with E-state index in [-0.39, 0.29) is 50.0 Å². The topological polar surface area (TPSA) is 15.3 Å². The zero-order valence-electron chi connectivity index (χ0n) is 11.1. The highest BCUT2D eigenvalue weighted by Gasteiger charge is 2.46. The molecule has 1 saturated heterocycles. The van der Waals surface area contributed by atoms with Crippen LogP contribution in [0.1, 0.15) is 11.6 Å². The average Bonchev–Trinajstić information content (AvgIpc) is 2.35. The molecule has 10 heteroatoms. The summed E-state index contributed by atoms with van der Waals surface area (Å²) in [4.78, 5) is 1.01. The van der Waals surface area contributed by atoms with E-state index in [9.17, 15) is 26.3 Å². The Morgan fingerprint density at radius 3 is 1.91 bits per heavy atom. The molecule has 0 aliphatic carbocycles. The molecule has 0 amide bonds. The highest BCUT2D eigenvalue weighted by atomic mass is 35.5. The minimum atomic E-state index is -4.78. The first-order valence-electron chi connectivity index (χ1n) is 5.96. The van der Waals surface area contributed by atoms with Gasteiger partial charge in [0.1, 0.15) is 11.9 Å². The van der Waals surface area contributed by atoms with Gasteiger partial charge in [0.05, 0.1) is 0 Å². The first-order valence-corrected chi connectivity index (χ1v) is 5.96. The van der Waals surface area contributed by atoms with Crippen molar-refractivity contribution < 1.29 is 26.3 Å². The minimum Gasteiger partial charge on any atom is -0.314 e. The normalized spacial score (nSPS) is 17.4. The molecule has 1 aliphatic rings. The lowest BCUT2D eigenvalue weighted by Crippen LogP contribution is -2.49. The molecule has 1 atom stereocenters. The van der Waals surface area contributed by atoms with Crippen molar-refractivity contribution in [2.45, 2.75) is 12.2 Å². The van der Waals surface area contributed by atoms with Gasteiger partial charge in [-0.3, -0.25) is 4.90 Å². The highest BCUT2D eigenvalue weighted by molar-refractivity contribution is 5.85. The van der Waals surface area contributed by atoms with Gasteiger partial charge in [-0.05, 0) is 6.07 Å². The van der Waals surface area contributed by atoms with Crippen molar-refractivity contribution in [1.29, 1.82) is 0 Å². The largest absolute Gasteiger partial charge is 0.408 e. The van der Waals surface area contributed by atoms with Crippen LogP contribution in [0.4, 0.5) is 26.3 Å². The Morgan fingerprint density at radius 2 is 1.41 bits per heavy atom. The molecule has 1 aromatic carbocycles. The molecule has 1 fully saturated rings. The minimum absolute atomic E-state index is 0. The zero-order valence-corrected chi connectivity index (χ0v) is 12.7. The number of hydrogen-bond donors (Lipinski definition) is 1. The third kappa shape index (κ3) is 4.65. The summed E-state index contributed by atoms with van der Waals surface area (Å²) in [6.45, 7) is 0.723. The second-order valence-corrected chi connectivity index (χ2v) is 4.52. The van der Waals surface area contributed by atoms with Crippen molar-refractivity contribution in [3.63, 3.8) is 0 Å². The standard InChI is InChI=1S/C12H12F6N2.2ClH/c13-8-6-10(15)9(14)5-7(8)11(12(16,17)18)20-3-1-19-2-4-20;;/h5-6,11,19H,1-4H2;2*1H/t11-;;/m1../s1. The number of rotatable bonds is 2. The van der Waals surface area contributed by atoms with Crippen molar-refractivity contribution in [2.75, 3.05) is 26.2 Å². The molecule has 1 aliphatic heterocycles. The number of halogens is 8. The smallest absolute Gasteiger partial charge is 0.314 e. The van der Waals surface area contributed by atoms with E-state index < -0.39 is 35.2 Å². The molecule has 0 spiro atoms. The van der Waals surface area contributed by atoms with Gasteiger partial charge < -0.3 is 5.32 Å². The fourth-order valence-electron chi connectivity index (χ4n) is 2.27. The number of benzene rings is 1. The Hall–Kier alpha value is -0.700. The summed E-state index contributed by atoms with van der Waals surface area (Å²) < 4.78 is 79.1. The van der Waals surface area contributed by atoms with Crippen molar-refractivity contribution >= 4 is 24.8 Å². The Labute approximate surface area is 135 Å². The van der Waals surface area contributed by atoms with Crippen molar-refractivity contribution in [3.8, 4) is 0 Å². The number of piperazine rings is 1. The van der Waals surface area contributed by atoms with Gasteiger partial charge in [0, 0.05) is 37.8 Å². The van der Waals surface area contributed by atoms with Crippen molar-refractivity contribution in [1.82, 2.24) is 10.2 Å². The highest BCUT2D eigenvalue weighted by Crippen LogP contribution is 2.39. The van der Waals surface area contributed by atoms with Crippen LogP contribution in [-0.2, 0) is 0 Å². The van der Waals surface area contributed by atoms with Gasteiger partial charge in [-0.2, -0.15) is 13.2 Å². The molecule has 0 radical (unpaired) electrons. The molecule has 128 valence electrons. The van der Waals surface area contributed by atoms with Crippen molar-refractivity contribution in [3.05, 3.63) is 35.1 Å². The summed E-state index contributed by atoms with van der Waals surface area (Å²) in [7, 11) is 0. The third-order valence-corrected chi connectivity index (χ3v) is 3.16. The molecule has 2 rings (SSSR count). The zero-order chi connectivity index (χ0) is 14.9. The van der Waals surface area contributed by atoms with Gasteiger partial charge in [-0.15, -0.1) is 24.8 Å². The van der Waals surface area contributed by atoms with Crippen LogP contribution in [0.25, 0.3) is 0 Å². The van der Waals surface area contributed by atoms with E-state index >= 15 is 0 Å². The maximum absolute atomic E-state index is 13.6. The van der Waals surface area contributed by atoms with Crippen LogP contribution in [0.15, 0.2) is 12.1 Å². The third-order valence-electron chi connectivity index (χ3n) is 3.16. The second kappa shape index (κ2) is 8.24. The fourth-order valence-corrected chi connectivity index (χ4v) is 2.27. The van der Waals surface area contributed by atoms with Gasteiger partial charge in [0.2, 0.25) is 0 Å². The first-order chi connectivity index (χ1) is 9.30. The number of nitrogens with zero attached hydrogens (tertiary/aromatic N) is 1. The summed E-state index contributed by atoms with van der Waals surface area (Å²) in [5.74, 6) is -4.40. The molecule has 22 heavy (non-hydrogen) atoms. The molecule has 0 aromatic heterocycles. The van der Waals surface area contributed by atoms with Gasteiger partial charge in [0.25, 0.3) is 0 Å². The Balaban J connectivity index is 0.00000220. The van der Waals surface area contributed by atoms with Gasteiger partial charge in [-0.25, -0.2) is 13.2 Å². The van der Waals surface area contributed by atoms with Crippen LogP contribution < -0.4 is 5.32 Å². The Morgan fingerprint density at radius 1 is 0.909 bits per heavy atom. The van der Waals surface area contributed by atoms with Crippen molar-refractivity contribution in [2.24, 2.45) is 0 Å². The van der Waals surface area contributed by atoms with Crippen LogP contribution in [0.2, 0.25) is 0 Å². The molecule has 1 N–H and O–H groups in total. The SMILES string of the molecule is Cl.Cl.Fc1cc(F)c([C@@H](N2CCNCC2)C(F)(F)F)cc1F. The molecule has 2 nitrogen and oxygen atoms in total. The summed E-state index contributed by atoms with van der Waals surface area (Å²) in [6.07, 6.45) is -4.78. The fraction of sp³-hybridized carbons (Fsp3) is 0.500.